The van der Waals surface area contributed by atoms with E-state index in [1.54, 1.807) is 0 Å². The molecule has 0 aromatic rings. The first-order valence-electron chi connectivity index (χ1n) is 6.67. The highest BCUT2D eigenvalue weighted by atomic mass is 32.2. The Morgan fingerprint density at radius 1 is 1.29 bits per heavy atom. The smallest absolute Gasteiger partial charge is 0.122 e. The Kier molecular flexibility index (Phi) is 7.77. The van der Waals surface area contributed by atoms with Gasteiger partial charge in [0.15, 0.2) is 0 Å². The fourth-order valence-corrected chi connectivity index (χ4v) is 2.15. The van der Waals surface area contributed by atoms with Gasteiger partial charge in [-0.25, -0.2) is 4.21 Å². The van der Waals surface area contributed by atoms with Crippen LogP contribution in [0, 0.1) is 5.92 Å². The van der Waals surface area contributed by atoms with Crippen LogP contribution in [-0.4, -0.2) is 8.96 Å². The van der Waals surface area contributed by atoms with Crippen molar-refractivity contribution in [3.05, 3.63) is 11.8 Å². The van der Waals surface area contributed by atoms with Crippen molar-refractivity contribution in [2.75, 3.05) is 0 Å². The monoisotopic (exact) mass is 259 g/mol. The van der Waals surface area contributed by atoms with Crippen molar-refractivity contribution in [3.8, 4) is 0 Å². The molecule has 1 N–H and O–H groups in total. The predicted octanol–water partition coefficient (Wildman–Crippen LogP) is 4.16. The lowest BCUT2D eigenvalue weighted by Gasteiger charge is -2.22. The van der Waals surface area contributed by atoms with Crippen molar-refractivity contribution in [3.63, 3.8) is 0 Å². The second kappa shape index (κ2) is 7.91. The lowest BCUT2D eigenvalue weighted by molar-refractivity contribution is 0.630. The van der Waals surface area contributed by atoms with E-state index in [0.717, 1.165) is 12.1 Å². The van der Waals surface area contributed by atoms with Crippen LogP contribution in [0.3, 0.4) is 0 Å². The Morgan fingerprint density at radius 2 is 1.88 bits per heavy atom. The zero-order chi connectivity index (χ0) is 13.5. The van der Waals surface area contributed by atoms with Gasteiger partial charge in [0.25, 0.3) is 0 Å². The van der Waals surface area contributed by atoms with Gasteiger partial charge >= 0.3 is 0 Å². The van der Waals surface area contributed by atoms with Crippen LogP contribution in [0.25, 0.3) is 0 Å². The van der Waals surface area contributed by atoms with Gasteiger partial charge in [0.05, 0.1) is 4.75 Å². The van der Waals surface area contributed by atoms with Gasteiger partial charge in [0.2, 0.25) is 0 Å². The summed E-state index contributed by atoms with van der Waals surface area (Å²) in [5.41, 5.74) is 1.12. The number of nitrogens with one attached hydrogen (secondary N) is 1. The summed E-state index contributed by atoms with van der Waals surface area (Å²) in [6.45, 7) is 12.5. The maximum atomic E-state index is 12.0. The first-order chi connectivity index (χ1) is 7.79. The second-order valence-corrected chi connectivity index (χ2v) is 7.76. The highest BCUT2D eigenvalue weighted by Gasteiger charge is 2.20. The molecule has 0 aliphatic carbocycles. The third-order valence-electron chi connectivity index (χ3n) is 2.56. The van der Waals surface area contributed by atoms with Crippen molar-refractivity contribution in [1.82, 2.24) is 4.72 Å². The third-order valence-corrected chi connectivity index (χ3v) is 4.09. The molecule has 0 spiro atoms. The first-order valence-corrected chi connectivity index (χ1v) is 7.82. The average molecular weight is 259 g/mol. The van der Waals surface area contributed by atoms with E-state index in [1.807, 2.05) is 20.8 Å². The molecule has 0 aromatic heterocycles. The van der Waals surface area contributed by atoms with Crippen molar-refractivity contribution >= 4 is 11.0 Å². The SMILES string of the molecule is CCCCC/C=C(\NS(=O)C(C)(C)C)C(C)C. The van der Waals surface area contributed by atoms with Gasteiger partial charge < -0.3 is 4.72 Å². The highest BCUT2D eigenvalue weighted by Crippen LogP contribution is 2.15. The molecule has 0 saturated heterocycles. The molecular formula is C14H29NOS. The summed E-state index contributed by atoms with van der Waals surface area (Å²) in [5, 5.41) is 0. The Morgan fingerprint density at radius 3 is 2.29 bits per heavy atom. The lowest BCUT2D eigenvalue weighted by atomic mass is 10.1. The molecule has 1 unspecified atom stereocenters. The normalized spacial score (nSPS) is 15.1. The molecule has 0 aliphatic rings. The molecule has 0 aromatic carbocycles. The Balaban J connectivity index is 4.39. The minimum absolute atomic E-state index is 0.211. The van der Waals surface area contributed by atoms with Crippen LogP contribution in [0.5, 0.6) is 0 Å². The zero-order valence-electron chi connectivity index (χ0n) is 12.3. The largest absolute Gasteiger partial charge is 0.309 e. The van der Waals surface area contributed by atoms with Crippen molar-refractivity contribution in [1.29, 1.82) is 0 Å². The topological polar surface area (TPSA) is 29.1 Å². The van der Waals surface area contributed by atoms with E-state index >= 15 is 0 Å². The summed E-state index contributed by atoms with van der Waals surface area (Å²) >= 11 is 0. The summed E-state index contributed by atoms with van der Waals surface area (Å²) in [5.74, 6) is 0.405. The molecule has 0 radical (unpaired) electrons. The van der Waals surface area contributed by atoms with E-state index in [0.29, 0.717) is 5.92 Å². The lowest BCUT2D eigenvalue weighted by Crippen LogP contribution is -2.34. The molecule has 2 nitrogen and oxygen atoms in total. The highest BCUT2D eigenvalue weighted by molar-refractivity contribution is 7.84. The molecule has 0 heterocycles. The van der Waals surface area contributed by atoms with Crippen molar-refractivity contribution in [2.24, 2.45) is 5.92 Å². The van der Waals surface area contributed by atoms with Crippen LogP contribution >= 0.6 is 0 Å². The standard InChI is InChI=1S/C14H29NOS/c1-7-8-9-10-11-13(12(2)3)15-17(16)14(4,5)6/h11-12,15H,7-10H2,1-6H3/b13-11-. The molecule has 0 rings (SSSR count). The first kappa shape index (κ1) is 16.7. The Hall–Kier alpha value is -0.310. The number of hydrogen-bond acceptors (Lipinski definition) is 1. The molecule has 0 saturated carbocycles. The Labute approximate surface area is 110 Å². The van der Waals surface area contributed by atoms with Crippen molar-refractivity contribution < 1.29 is 4.21 Å². The van der Waals surface area contributed by atoms with Crippen LogP contribution in [0.2, 0.25) is 0 Å². The van der Waals surface area contributed by atoms with Crippen LogP contribution in [0.4, 0.5) is 0 Å². The summed E-state index contributed by atoms with van der Waals surface area (Å²) in [6.07, 6.45) is 7.02. The average Bonchev–Trinajstić information content (AvgIpc) is 2.20. The van der Waals surface area contributed by atoms with E-state index in [-0.39, 0.29) is 4.75 Å². The van der Waals surface area contributed by atoms with Gasteiger partial charge in [-0.15, -0.1) is 0 Å². The predicted molar refractivity (Wildman–Crippen MR) is 78.1 cm³/mol. The van der Waals surface area contributed by atoms with Crippen LogP contribution < -0.4 is 4.72 Å². The second-order valence-electron chi connectivity index (χ2n) is 5.79. The van der Waals surface area contributed by atoms with Crippen LogP contribution in [0.1, 0.15) is 67.2 Å². The summed E-state index contributed by atoms with van der Waals surface area (Å²) in [4.78, 5) is 0. The van der Waals surface area contributed by atoms with E-state index < -0.39 is 11.0 Å². The fraction of sp³-hybridized carbons (Fsp3) is 0.857. The van der Waals surface area contributed by atoms with E-state index in [2.05, 4.69) is 31.6 Å². The molecule has 3 heteroatoms. The van der Waals surface area contributed by atoms with Crippen molar-refractivity contribution in [2.45, 2.75) is 72.0 Å². The number of unbranched alkanes of at least 4 members (excludes halogenated alkanes) is 3. The third kappa shape index (κ3) is 7.58. The van der Waals surface area contributed by atoms with Gasteiger partial charge in [-0.05, 0) is 39.5 Å². The number of hydrogen-bond donors (Lipinski definition) is 1. The zero-order valence-corrected chi connectivity index (χ0v) is 13.1. The Bertz CT molecular complexity index is 264. The molecular weight excluding hydrogens is 230 g/mol. The maximum absolute atomic E-state index is 12.0. The molecule has 102 valence electrons. The summed E-state index contributed by atoms with van der Waals surface area (Å²) < 4.78 is 15.0. The van der Waals surface area contributed by atoms with E-state index in [4.69, 9.17) is 0 Å². The minimum atomic E-state index is -1.01. The van der Waals surface area contributed by atoms with Gasteiger partial charge in [-0.2, -0.15) is 0 Å². The van der Waals surface area contributed by atoms with Gasteiger partial charge in [0.1, 0.15) is 11.0 Å². The van der Waals surface area contributed by atoms with Gasteiger partial charge in [-0.3, -0.25) is 0 Å². The molecule has 0 amide bonds. The quantitative estimate of drug-likeness (QED) is 0.683. The van der Waals surface area contributed by atoms with Crippen LogP contribution in [-0.2, 0) is 11.0 Å². The minimum Gasteiger partial charge on any atom is -0.309 e. The molecule has 0 bridgehead atoms. The summed E-state index contributed by atoms with van der Waals surface area (Å²) in [6, 6.07) is 0. The molecule has 0 aliphatic heterocycles. The maximum Gasteiger partial charge on any atom is 0.122 e. The molecule has 17 heavy (non-hydrogen) atoms. The summed E-state index contributed by atoms with van der Waals surface area (Å²) in [7, 11) is -1.01. The van der Waals surface area contributed by atoms with E-state index in [9.17, 15) is 4.21 Å². The van der Waals surface area contributed by atoms with Gasteiger partial charge in [-0.1, -0.05) is 39.7 Å². The van der Waals surface area contributed by atoms with Gasteiger partial charge in [0, 0.05) is 5.70 Å². The number of rotatable bonds is 7. The van der Waals surface area contributed by atoms with Crippen LogP contribution in [0.15, 0.2) is 11.8 Å². The fourth-order valence-electron chi connectivity index (χ4n) is 1.31. The number of allylic oxidation sites excluding steroid dienone is 2. The molecule has 1 atom stereocenters. The van der Waals surface area contributed by atoms with E-state index in [1.165, 1.54) is 19.3 Å². The molecule has 0 fully saturated rings.